The summed E-state index contributed by atoms with van der Waals surface area (Å²) in [5.41, 5.74) is -0.280. The predicted octanol–water partition coefficient (Wildman–Crippen LogP) is 3.43. The fourth-order valence-electron chi connectivity index (χ4n) is 2.47. The third-order valence-corrected chi connectivity index (χ3v) is 4.00. The largest absolute Gasteiger partial charge is 0.508 e. The van der Waals surface area contributed by atoms with Crippen LogP contribution in [0.5, 0.6) is 5.75 Å². The smallest absolute Gasteiger partial charge is 0.121 e. The molecule has 0 heterocycles. The molecule has 1 fully saturated rings. The van der Waals surface area contributed by atoms with Gasteiger partial charge in [0.25, 0.3) is 0 Å². The number of benzene rings is 1. The number of rotatable bonds is 5. The van der Waals surface area contributed by atoms with E-state index in [1.165, 1.54) is 12.8 Å². The van der Waals surface area contributed by atoms with Gasteiger partial charge in [0.15, 0.2) is 0 Å². The molecule has 0 spiro atoms. The van der Waals surface area contributed by atoms with E-state index >= 15 is 0 Å². The number of para-hydroxylation sites is 1. The predicted molar refractivity (Wildman–Crippen MR) is 68.8 cm³/mol. The number of phenols is 1. The van der Waals surface area contributed by atoms with Gasteiger partial charge < -0.3 is 10.2 Å². The Morgan fingerprint density at radius 2 is 2.00 bits per heavy atom. The first-order valence-electron chi connectivity index (χ1n) is 6.51. The van der Waals surface area contributed by atoms with Gasteiger partial charge in [-0.3, -0.25) is 0 Å². The van der Waals surface area contributed by atoms with Gasteiger partial charge in [-0.15, -0.1) is 0 Å². The Labute approximate surface area is 103 Å². The van der Waals surface area contributed by atoms with Gasteiger partial charge in [0.2, 0.25) is 0 Å². The molecule has 17 heavy (non-hydrogen) atoms. The van der Waals surface area contributed by atoms with Crippen LogP contribution < -0.4 is 0 Å². The number of phenolic OH excluding ortho intramolecular Hbond substituents is 1. The maximum absolute atomic E-state index is 10.5. The monoisotopic (exact) mass is 234 g/mol. The van der Waals surface area contributed by atoms with Crippen LogP contribution in [0.1, 0.15) is 45.1 Å². The van der Waals surface area contributed by atoms with Crippen LogP contribution in [0.25, 0.3) is 0 Å². The zero-order valence-corrected chi connectivity index (χ0v) is 10.7. The first kappa shape index (κ1) is 12.4. The minimum atomic E-state index is -0.922. The van der Waals surface area contributed by atoms with Crippen LogP contribution in [-0.2, 0) is 5.60 Å². The van der Waals surface area contributed by atoms with E-state index in [2.05, 4.69) is 6.92 Å². The molecular formula is C15H22O2. The minimum absolute atomic E-state index is 0.191. The van der Waals surface area contributed by atoms with Gasteiger partial charge in [-0.05, 0) is 50.5 Å². The summed E-state index contributed by atoms with van der Waals surface area (Å²) in [6, 6.07) is 7.07. The van der Waals surface area contributed by atoms with Gasteiger partial charge >= 0.3 is 0 Å². The average Bonchev–Trinajstić information content (AvgIpc) is 3.10. The molecule has 1 aliphatic carbocycles. The van der Waals surface area contributed by atoms with E-state index in [-0.39, 0.29) is 5.75 Å². The topological polar surface area (TPSA) is 40.5 Å². The molecule has 1 aromatic carbocycles. The first-order chi connectivity index (χ1) is 8.00. The van der Waals surface area contributed by atoms with E-state index in [0.29, 0.717) is 17.9 Å². The standard InChI is InChI=1S/C15H22O2/c1-11(12-7-8-12)9-10-15(2,17)13-5-3-4-6-14(13)16/h3-6,11-12,16-17H,7-10H2,1-2H3/t11-,15?/m1/s1. The second-order valence-corrected chi connectivity index (χ2v) is 5.64. The molecule has 1 saturated carbocycles. The molecule has 1 unspecified atom stereocenters. The summed E-state index contributed by atoms with van der Waals surface area (Å²) in [7, 11) is 0. The van der Waals surface area contributed by atoms with Crippen molar-refractivity contribution in [2.24, 2.45) is 11.8 Å². The number of hydrogen-bond acceptors (Lipinski definition) is 2. The number of aliphatic hydroxyl groups is 1. The molecule has 0 bridgehead atoms. The fourth-order valence-corrected chi connectivity index (χ4v) is 2.47. The molecular weight excluding hydrogens is 212 g/mol. The van der Waals surface area contributed by atoms with Crippen molar-refractivity contribution >= 4 is 0 Å². The lowest BCUT2D eigenvalue weighted by atomic mass is 9.86. The van der Waals surface area contributed by atoms with Crippen LogP contribution in [0.15, 0.2) is 24.3 Å². The van der Waals surface area contributed by atoms with Crippen LogP contribution in [0.2, 0.25) is 0 Å². The average molecular weight is 234 g/mol. The molecule has 94 valence electrons. The normalized spacial score (nSPS) is 20.9. The van der Waals surface area contributed by atoms with Crippen molar-refractivity contribution in [1.29, 1.82) is 0 Å². The van der Waals surface area contributed by atoms with Gasteiger partial charge in [-0.2, -0.15) is 0 Å². The van der Waals surface area contributed by atoms with Crippen molar-refractivity contribution in [3.8, 4) is 5.75 Å². The summed E-state index contributed by atoms with van der Waals surface area (Å²) >= 11 is 0. The van der Waals surface area contributed by atoms with Crippen molar-refractivity contribution < 1.29 is 10.2 Å². The summed E-state index contributed by atoms with van der Waals surface area (Å²) in [6.45, 7) is 4.06. The molecule has 0 aromatic heterocycles. The van der Waals surface area contributed by atoms with E-state index in [1.54, 1.807) is 25.1 Å². The van der Waals surface area contributed by atoms with Crippen molar-refractivity contribution in [2.75, 3.05) is 0 Å². The maximum Gasteiger partial charge on any atom is 0.121 e. The summed E-state index contributed by atoms with van der Waals surface area (Å²) in [5.74, 6) is 1.75. The molecule has 1 aromatic rings. The summed E-state index contributed by atoms with van der Waals surface area (Å²) in [5, 5.41) is 20.2. The third-order valence-electron chi connectivity index (χ3n) is 4.00. The Bertz CT molecular complexity index is 380. The van der Waals surface area contributed by atoms with Gasteiger partial charge in [-0.25, -0.2) is 0 Å². The van der Waals surface area contributed by atoms with Crippen LogP contribution in [0.4, 0.5) is 0 Å². The fraction of sp³-hybridized carbons (Fsp3) is 0.600. The van der Waals surface area contributed by atoms with Crippen LogP contribution in [-0.4, -0.2) is 10.2 Å². The Morgan fingerprint density at radius 1 is 1.35 bits per heavy atom. The third kappa shape index (κ3) is 3.01. The Kier molecular flexibility index (Phi) is 3.43. The molecule has 0 aliphatic heterocycles. The summed E-state index contributed by atoms with van der Waals surface area (Å²) in [4.78, 5) is 0. The minimum Gasteiger partial charge on any atom is -0.508 e. The van der Waals surface area contributed by atoms with Crippen molar-refractivity contribution in [1.82, 2.24) is 0 Å². The van der Waals surface area contributed by atoms with Crippen LogP contribution in [0.3, 0.4) is 0 Å². The molecule has 2 heteroatoms. The highest BCUT2D eigenvalue weighted by Crippen LogP contribution is 2.41. The molecule has 0 amide bonds. The highest BCUT2D eigenvalue weighted by Gasteiger charge is 2.31. The quantitative estimate of drug-likeness (QED) is 0.819. The van der Waals surface area contributed by atoms with Gasteiger partial charge in [0.1, 0.15) is 5.75 Å². The molecule has 2 nitrogen and oxygen atoms in total. The van der Waals surface area contributed by atoms with E-state index in [9.17, 15) is 10.2 Å². The highest BCUT2D eigenvalue weighted by molar-refractivity contribution is 5.36. The molecule has 0 saturated heterocycles. The molecule has 1 aliphatic rings. The zero-order chi connectivity index (χ0) is 12.5. The molecule has 0 radical (unpaired) electrons. The van der Waals surface area contributed by atoms with Crippen LogP contribution in [0, 0.1) is 11.8 Å². The highest BCUT2D eigenvalue weighted by atomic mass is 16.3. The lowest BCUT2D eigenvalue weighted by Gasteiger charge is -2.26. The summed E-state index contributed by atoms with van der Waals surface area (Å²) in [6.07, 6.45) is 4.42. The Balaban J connectivity index is 2.00. The lowest BCUT2D eigenvalue weighted by molar-refractivity contribution is 0.0381. The second-order valence-electron chi connectivity index (χ2n) is 5.64. The molecule has 2 N–H and O–H groups in total. The zero-order valence-electron chi connectivity index (χ0n) is 10.7. The van der Waals surface area contributed by atoms with Gasteiger partial charge in [0.05, 0.1) is 5.60 Å². The van der Waals surface area contributed by atoms with Gasteiger partial charge in [-0.1, -0.05) is 25.1 Å². The van der Waals surface area contributed by atoms with Crippen molar-refractivity contribution in [3.63, 3.8) is 0 Å². The van der Waals surface area contributed by atoms with E-state index in [4.69, 9.17) is 0 Å². The molecule has 2 atom stereocenters. The Morgan fingerprint density at radius 3 is 2.59 bits per heavy atom. The van der Waals surface area contributed by atoms with Crippen molar-refractivity contribution in [2.45, 2.75) is 45.1 Å². The number of aromatic hydroxyl groups is 1. The SMILES string of the molecule is C[C@H](CCC(C)(O)c1ccccc1O)C1CC1. The van der Waals surface area contributed by atoms with Gasteiger partial charge in [0, 0.05) is 5.56 Å². The Hall–Kier alpha value is -1.02. The van der Waals surface area contributed by atoms with E-state index in [1.807, 2.05) is 6.07 Å². The lowest BCUT2D eigenvalue weighted by Crippen LogP contribution is -2.22. The maximum atomic E-state index is 10.5. The second kappa shape index (κ2) is 4.69. The van der Waals surface area contributed by atoms with E-state index in [0.717, 1.165) is 12.3 Å². The molecule has 2 rings (SSSR count). The van der Waals surface area contributed by atoms with E-state index < -0.39 is 5.60 Å². The number of hydrogen-bond donors (Lipinski definition) is 2. The first-order valence-corrected chi connectivity index (χ1v) is 6.51. The van der Waals surface area contributed by atoms with Crippen LogP contribution >= 0.6 is 0 Å². The summed E-state index contributed by atoms with van der Waals surface area (Å²) < 4.78 is 0. The van der Waals surface area contributed by atoms with Crippen molar-refractivity contribution in [3.05, 3.63) is 29.8 Å².